The average Bonchev–Trinajstić information content (AvgIpc) is 3.02. The first-order chi connectivity index (χ1) is 14.9. The van der Waals surface area contributed by atoms with Crippen LogP contribution >= 0.6 is 11.8 Å². The smallest absolute Gasteiger partial charge is 0.262 e. The molecule has 0 aliphatic carbocycles. The number of hydrogen-bond donors (Lipinski definition) is 2. The first-order valence-corrected chi connectivity index (χ1v) is 10.9. The van der Waals surface area contributed by atoms with E-state index in [2.05, 4.69) is 10.6 Å². The number of amides is 5. The van der Waals surface area contributed by atoms with E-state index in [0.717, 1.165) is 9.80 Å². The Kier molecular flexibility index (Phi) is 5.60. The Balaban J connectivity index is 1.47. The van der Waals surface area contributed by atoms with Gasteiger partial charge in [0.25, 0.3) is 17.7 Å². The number of rotatable bonds is 5. The summed E-state index contributed by atoms with van der Waals surface area (Å²) in [6, 6.07) is 10.9. The first kappa shape index (κ1) is 20.8. The number of hydrogen-bond acceptors (Lipinski definition) is 6. The number of fused-ring (bicyclic) bond motifs is 1. The van der Waals surface area contributed by atoms with Crippen molar-refractivity contribution < 1.29 is 24.0 Å². The predicted octanol–water partition coefficient (Wildman–Crippen LogP) is 1.74. The summed E-state index contributed by atoms with van der Waals surface area (Å²) in [5.41, 5.74) is 1.57. The Morgan fingerprint density at radius 2 is 1.77 bits per heavy atom. The minimum Gasteiger partial charge on any atom is -0.348 e. The Bertz CT molecular complexity index is 1110. The molecule has 31 heavy (non-hydrogen) atoms. The van der Waals surface area contributed by atoms with Gasteiger partial charge in [0.1, 0.15) is 6.04 Å². The third kappa shape index (κ3) is 3.96. The fourth-order valence-corrected chi connectivity index (χ4v) is 4.06. The molecule has 158 valence electrons. The zero-order chi connectivity index (χ0) is 22.1. The Morgan fingerprint density at radius 3 is 2.45 bits per heavy atom. The van der Waals surface area contributed by atoms with Crippen molar-refractivity contribution in [3.8, 4) is 0 Å². The summed E-state index contributed by atoms with van der Waals surface area (Å²) in [7, 11) is 0. The molecule has 2 heterocycles. The fourth-order valence-electron chi connectivity index (χ4n) is 3.65. The summed E-state index contributed by atoms with van der Waals surface area (Å²) < 4.78 is 0. The maximum atomic E-state index is 12.9. The number of nitrogens with one attached hydrogen (secondary N) is 2. The number of benzene rings is 2. The molecular weight excluding hydrogens is 418 g/mol. The molecule has 0 bridgehead atoms. The van der Waals surface area contributed by atoms with E-state index in [4.69, 9.17) is 0 Å². The first-order valence-electron chi connectivity index (χ1n) is 9.66. The van der Waals surface area contributed by atoms with Crippen molar-refractivity contribution in [1.82, 2.24) is 15.5 Å². The largest absolute Gasteiger partial charge is 0.348 e. The van der Waals surface area contributed by atoms with Crippen molar-refractivity contribution in [3.05, 3.63) is 64.7 Å². The van der Waals surface area contributed by atoms with Crippen molar-refractivity contribution in [2.45, 2.75) is 30.3 Å². The number of nitrogens with zero attached hydrogens (tertiary/aromatic N) is 1. The molecule has 0 radical (unpaired) electrons. The van der Waals surface area contributed by atoms with Gasteiger partial charge in [0.05, 0.1) is 11.1 Å². The van der Waals surface area contributed by atoms with Crippen molar-refractivity contribution in [3.63, 3.8) is 0 Å². The van der Waals surface area contributed by atoms with Crippen LogP contribution in [-0.4, -0.2) is 46.7 Å². The van der Waals surface area contributed by atoms with Crippen LogP contribution in [0.2, 0.25) is 0 Å². The lowest BCUT2D eigenvalue weighted by molar-refractivity contribution is -0.136. The van der Waals surface area contributed by atoms with Gasteiger partial charge in [-0.25, -0.2) is 0 Å². The summed E-state index contributed by atoms with van der Waals surface area (Å²) in [5, 5.41) is 4.97. The maximum Gasteiger partial charge on any atom is 0.262 e. The van der Waals surface area contributed by atoms with E-state index < -0.39 is 29.7 Å². The molecule has 5 amide bonds. The van der Waals surface area contributed by atoms with E-state index in [1.54, 1.807) is 36.0 Å². The molecule has 2 aromatic rings. The highest BCUT2D eigenvalue weighted by atomic mass is 32.2. The summed E-state index contributed by atoms with van der Waals surface area (Å²) in [6.07, 6.45) is 2.13. The summed E-state index contributed by atoms with van der Waals surface area (Å²) in [5.74, 6) is -2.44. The fraction of sp³-hybridized carbons (Fsp3) is 0.227. The Labute approximate surface area is 182 Å². The van der Waals surface area contributed by atoms with E-state index in [0.29, 0.717) is 11.1 Å². The van der Waals surface area contributed by atoms with Crippen LogP contribution in [0.1, 0.15) is 49.5 Å². The van der Waals surface area contributed by atoms with E-state index in [1.807, 2.05) is 18.4 Å². The number of imide groups is 2. The quantitative estimate of drug-likeness (QED) is 0.544. The third-order valence-corrected chi connectivity index (χ3v) is 6.05. The van der Waals surface area contributed by atoms with E-state index in [-0.39, 0.29) is 36.4 Å². The Morgan fingerprint density at radius 1 is 1.06 bits per heavy atom. The van der Waals surface area contributed by atoms with Gasteiger partial charge in [0.2, 0.25) is 11.8 Å². The number of piperidine rings is 1. The Hall–Kier alpha value is -3.46. The van der Waals surface area contributed by atoms with Crippen LogP contribution in [0.5, 0.6) is 0 Å². The SMILES string of the molecule is CSc1ccc(C(=O)NCc2ccc3c(c2)C(=O)N(C2CCC(=O)NC2=O)C3=O)cc1. The van der Waals surface area contributed by atoms with Crippen LogP contribution in [-0.2, 0) is 16.1 Å². The molecule has 0 saturated carbocycles. The van der Waals surface area contributed by atoms with Crippen molar-refractivity contribution in [1.29, 1.82) is 0 Å². The van der Waals surface area contributed by atoms with Crippen molar-refractivity contribution in [2.75, 3.05) is 6.26 Å². The van der Waals surface area contributed by atoms with Crippen LogP contribution < -0.4 is 10.6 Å². The van der Waals surface area contributed by atoms with Gasteiger partial charge in [-0.3, -0.25) is 34.2 Å². The molecule has 4 rings (SSSR count). The van der Waals surface area contributed by atoms with Gasteiger partial charge < -0.3 is 5.32 Å². The zero-order valence-electron chi connectivity index (χ0n) is 16.6. The average molecular weight is 437 g/mol. The van der Waals surface area contributed by atoms with E-state index >= 15 is 0 Å². The number of thioether (sulfide) groups is 1. The number of carbonyl (C=O) groups is 5. The molecule has 0 spiro atoms. The lowest BCUT2D eigenvalue weighted by Gasteiger charge is -2.27. The molecule has 1 saturated heterocycles. The van der Waals surface area contributed by atoms with Gasteiger partial charge in [-0.1, -0.05) is 6.07 Å². The van der Waals surface area contributed by atoms with Crippen LogP contribution in [0.25, 0.3) is 0 Å². The lowest BCUT2D eigenvalue weighted by atomic mass is 10.0. The zero-order valence-corrected chi connectivity index (χ0v) is 17.5. The predicted molar refractivity (Wildman–Crippen MR) is 113 cm³/mol. The van der Waals surface area contributed by atoms with Gasteiger partial charge >= 0.3 is 0 Å². The van der Waals surface area contributed by atoms with Crippen molar-refractivity contribution >= 4 is 41.3 Å². The molecule has 2 aromatic carbocycles. The monoisotopic (exact) mass is 437 g/mol. The highest BCUT2D eigenvalue weighted by Crippen LogP contribution is 2.28. The summed E-state index contributed by atoms with van der Waals surface area (Å²) in [6.45, 7) is 0.177. The van der Waals surface area contributed by atoms with Crippen LogP contribution in [0.3, 0.4) is 0 Å². The van der Waals surface area contributed by atoms with Crippen molar-refractivity contribution in [2.24, 2.45) is 0 Å². The molecule has 2 aliphatic rings. The van der Waals surface area contributed by atoms with Gasteiger partial charge in [-0.2, -0.15) is 0 Å². The molecule has 0 aromatic heterocycles. The molecule has 2 N–H and O–H groups in total. The molecule has 2 aliphatic heterocycles. The highest BCUT2D eigenvalue weighted by molar-refractivity contribution is 7.98. The summed E-state index contributed by atoms with van der Waals surface area (Å²) >= 11 is 1.58. The lowest BCUT2D eigenvalue weighted by Crippen LogP contribution is -2.54. The van der Waals surface area contributed by atoms with Crippen LogP contribution in [0.15, 0.2) is 47.4 Å². The van der Waals surface area contributed by atoms with Gasteiger partial charge in [-0.15, -0.1) is 11.8 Å². The standard InChI is InChI=1S/C22H19N3O5S/c1-31-14-5-3-13(4-6-14)19(27)23-11-12-2-7-15-16(10-12)22(30)25(21(15)29)17-8-9-18(26)24-20(17)28/h2-7,10,17H,8-9,11H2,1H3,(H,23,27)(H,24,26,28). The minimum absolute atomic E-state index is 0.0685. The molecule has 1 fully saturated rings. The van der Waals surface area contributed by atoms with Gasteiger partial charge in [0.15, 0.2) is 0 Å². The van der Waals surface area contributed by atoms with Gasteiger partial charge in [-0.05, 0) is 54.6 Å². The molecular formula is C22H19N3O5S. The normalized spacial score (nSPS) is 18.1. The molecule has 1 atom stereocenters. The minimum atomic E-state index is -1.00. The van der Waals surface area contributed by atoms with Gasteiger partial charge in [0, 0.05) is 23.4 Å². The van der Waals surface area contributed by atoms with Crippen LogP contribution in [0, 0.1) is 0 Å². The molecule has 1 unspecified atom stereocenters. The number of carbonyl (C=O) groups excluding carboxylic acids is 5. The summed E-state index contributed by atoms with van der Waals surface area (Å²) in [4.78, 5) is 63.4. The third-order valence-electron chi connectivity index (χ3n) is 5.31. The molecule has 9 heteroatoms. The van der Waals surface area contributed by atoms with Crippen LogP contribution in [0.4, 0.5) is 0 Å². The molecule has 8 nitrogen and oxygen atoms in total. The highest BCUT2D eigenvalue weighted by Gasteiger charge is 2.44. The second-order valence-corrected chi connectivity index (χ2v) is 8.12. The second-order valence-electron chi connectivity index (χ2n) is 7.24. The second kappa shape index (κ2) is 8.35. The topological polar surface area (TPSA) is 113 Å². The van der Waals surface area contributed by atoms with E-state index in [1.165, 1.54) is 6.07 Å². The maximum absolute atomic E-state index is 12.9. The van der Waals surface area contributed by atoms with E-state index in [9.17, 15) is 24.0 Å².